The zero-order valence-electron chi connectivity index (χ0n) is 18.5. The summed E-state index contributed by atoms with van der Waals surface area (Å²) in [5.41, 5.74) is 0.764. The molecule has 0 N–H and O–H groups in total. The van der Waals surface area contributed by atoms with E-state index >= 15 is 0 Å². The molecule has 2 aromatic rings. The molecule has 0 heterocycles. The molecule has 0 aliphatic rings. The summed E-state index contributed by atoms with van der Waals surface area (Å²) < 4.78 is 36.0. The van der Waals surface area contributed by atoms with Gasteiger partial charge in [-0.05, 0) is 49.6 Å². The summed E-state index contributed by atoms with van der Waals surface area (Å²) in [7, 11) is -4.26. The summed E-state index contributed by atoms with van der Waals surface area (Å²) in [4.78, 5) is 25.6. The molecule has 31 heavy (non-hydrogen) atoms. The molecule has 0 saturated carbocycles. The molecule has 0 unspecified atom stereocenters. The molecule has 1 amide bonds. The standard InChI is InChI=1S/C23H29NO6S/c1-16(2)14-24(18(5)25)15-19-10-12-20(13-11-19)30-31(27,28)22-9-7-6-8-21(22)23(26)29-17(3)4/h6-13,16-17H,14-15H2,1-5H3. The first-order chi connectivity index (χ1) is 14.5. The average Bonchev–Trinajstić information content (AvgIpc) is 2.67. The fourth-order valence-corrected chi connectivity index (χ4v) is 4.04. The van der Waals surface area contributed by atoms with Gasteiger partial charge >= 0.3 is 16.1 Å². The predicted octanol–water partition coefficient (Wildman–Crippen LogP) is 4.02. The molecular formula is C23H29NO6S. The Hall–Kier alpha value is -2.87. The molecule has 2 aromatic carbocycles. The van der Waals surface area contributed by atoms with Gasteiger partial charge < -0.3 is 13.8 Å². The summed E-state index contributed by atoms with van der Waals surface area (Å²) in [6.45, 7) is 10.0. The van der Waals surface area contributed by atoms with Gasteiger partial charge in [0, 0.05) is 20.0 Å². The van der Waals surface area contributed by atoms with E-state index < -0.39 is 16.1 Å². The maximum absolute atomic E-state index is 12.8. The van der Waals surface area contributed by atoms with Crippen molar-refractivity contribution in [1.29, 1.82) is 0 Å². The number of esters is 1. The van der Waals surface area contributed by atoms with Crippen molar-refractivity contribution >= 4 is 22.0 Å². The van der Waals surface area contributed by atoms with E-state index in [4.69, 9.17) is 8.92 Å². The third-order valence-corrected chi connectivity index (χ3v) is 5.56. The highest BCUT2D eigenvalue weighted by Crippen LogP contribution is 2.23. The van der Waals surface area contributed by atoms with E-state index in [0.29, 0.717) is 19.0 Å². The van der Waals surface area contributed by atoms with Crippen molar-refractivity contribution < 1.29 is 26.9 Å². The summed E-state index contributed by atoms with van der Waals surface area (Å²) >= 11 is 0. The lowest BCUT2D eigenvalue weighted by Crippen LogP contribution is -2.31. The Kier molecular flexibility index (Phi) is 8.21. The summed E-state index contributed by atoms with van der Waals surface area (Å²) in [6.07, 6.45) is -0.387. The van der Waals surface area contributed by atoms with Gasteiger partial charge in [-0.2, -0.15) is 8.42 Å². The van der Waals surface area contributed by atoms with E-state index in [1.54, 1.807) is 36.9 Å². The Morgan fingerprint density at radius 3 is 2.13 bits per heavy atom. The number of benzene rings is 2. The number of carbonyl (C=O) groups is 2. The van der Waals surface area contributed by atoms with Crippen molar-refractivity contribution in [2.75, 3.05) is 6.54 Å². The van der Waals surface area contributed by atoms with Crippen LogP contribution < -0.4 is 4.18 Å². The molecule has 0 aromatic heterocycles. The zero-order valence-corrected chi connectivity index (χ0v) is 19.3. The van der Waals surface area contributed by atoms with Gasteiger partial charge in [0.2, 0.25) is 5.91 Å². The van der Waals surface area contributed by atoms with Crippen molar-refractivity contribution in [3.63, 3.8) is 0 Å². The van der Waals surface area contributed by atoms with E-state index in [-0.39, 0.29) is 28.2 Å². The Morgan fingerprint density at radius 2 is 1.58 bits per heavy atom. The number of amides is 1. The molecule has 0 aliphatic heterocycles. The largest absolute Gasteiger partial charge is 0.459 e. The van der Waals surface area contributed by atoms with Crippen molar-refractivity contribution in [1.82, 2.24) is 4.90 Å². The Bertz CT molecular complexity index is 1010. The minimum Gasteiger partial charge on any atom is -0.459 e. The van der Waals surface area contributed by atoms with E-state index in [0.717, 1.165) is 5.56 Å². The molecule has 0 aliphatic carbocycles. The lowest BCUT2D eigenvalue weighted by atomic mass is 10.1. The molecular weight excluding hydrogens is 418 g/mol. The number of hydrogen-bond donors (Lipinski definition) is 0. The Balaban J connectivity index is 2.20. The van der Waals surface area contributed by atoms with Crippen molar-refractivity contribution in [2.24, 2.45) is 5.92 Å². The number of rotatable bonds is 9. The summed E-state index contributed by atoms with van der Waals surface area (Å²) in [5.74, 6) is -0.322. The van der Waals surface area contributed by atoms with Gasteiger partial charge in [-0.3, -0.25) is 4.79 Å². The van der Waals surface area contributed by atoms with Gasteiger partial charge in [0.1, 0.15) is 10.6 Å². The van der Waals surface area contributed by atoms with Crippen LogP contribution in [0.15, 0.2) is 53.4 Å². The molecule has 0 atom stereocenters. The van der Waals surface area contributed by atoms with Crippen LogP contribution in [-0.2, 0) is 26.2 Å². The van der Waals surface area contributed by atoms with E-state index in [1.165, 1.54) is 37.3 Å². The van der Waals surface area contributed by atoms with Crippen LogP contribution in [0.3, 0.4) is 0 Å². The lowest BCUT2D eigenvalue weighted by molar-refractivity contribution is -0.130. The number of carbonyl (C=O) groups excluding carboxylic acids is 2. The Morgan fingerprint density at radius 1 is 0.968 bits per heavy atom. The molecule has 168 valence electrons. The summed E-state index contributed by atoms with van der Waals surface area (Å²) in [5, 5.41) is 0. The molecule has 0 radical (unpaired) electrons. The molecule has 8 heteroatoms. The molecule has 0 saturated heterocycles. The van der Waals surface area contributed by atoms with Crippen LogP contribution in [0.5, 0.6) is 5.75 Å². The normalized spacial score (nSPS) is 11.5. The third kappa shape index (κ3) is 7.10. The van der Waals surface area contributed by atoms with Gasteiger partial charge in [0.25, 0.3) is 0 Å². The zero-order chi connectivity index (χ0) is 23.2. The second-order valence-electron chi connectivity index (χ2n) is 7.93. The van der Waals surface area contributed by atoms with Crippen LogP contribution in [-0.4, -0.2) is 37.8 Å². The van der Waals surface area contributed by atoms with Crippen LogP contribution in [0.25, 0.3) is 0 Å². The minimum absolute atomic E-state index is 0.0264. The highest BCUT2D eigenvalue weighted by molar-refractivity contribution is 7.87. The SMILES string of the molecule is CC(=O)N(Cc1ccc(OS(=O)(=O)c2ccccc2C(=O)OC(C)C)cc1)CC(C)C. The fraction of sp³-hybridized carbons (Fsp3) is 0.391. The van der Waals surface area contributed by atoms with Crippen molar-refractivity contribution in [2.45, 2.75) is 52.2 Å². The fourth-order valence-electron chi connectivity index (χ4n) is 2.92. The predicted molar refractivity (Wildman–Crippen MR) is 117 cm³/mol. The third-order valence-electron chi connectivity index (χ3n) is 4.25. The number of ether oxygens (including phenoxy) is 1. The maximum atomic E-state index is 12.8. The highest BCUT2D eigenvalue weighted by Gasteiger charge is 2.25. The molecule has 7 nitrogen and oxygen atoms in total. The molecule has 2 rings (SSSR count). The van der Waals surface area contributed by atoms with Gasteiger partial charge in [-0.25, -0.2) is 4.79 Å². The van der Waals surface area contributed by atoms with Crippen molar-refractivity contribution in [3.05, 3.63) is 59.7 Å². The van der Waals surface area contributed by atoms with E-state index in [1.807, 2.05) is 13.8 Å². The first kappa shape index (κ1) is 24.4. The first-order valence-corrected chi connectivity index (χ1v) is 11.5. The van der Waals surface area contributed by atoms with Gasteiger partial charge in [0.15, 0.2) is 0 Å². The second-order valence-corrected chi connectivity index (χ2v) is 9.44. The van der Waals surface area contributed by atoms with Crippen LogP contribution in [0, 0.1) is 5.92 Å². The highest BCUT2D eigenvalue weighted by atomic mass is 32.2. The van der Waals surface area contributed by atoms with Crippen LogP contribution in [0.4, 0.5) is 0 Å². The van der Waals surface area contributed by atoms with Crippen molar-refractivity contribution in [3.8, 4) is 5.75 Å². The first-order valence-electron chi connectivity index (χ1n) is 10.1. The topological polar surface area (TPSA) is 90.0 Å². The van der Waals surface area contributed by atoms with Crippen LogP contribution >= 0.6 is 0 Å². The van der Waals surface area contributed by atoms with E-state index in [9.17, 15) is 18.0 Å². The number of nitrogens with zero attached hydrogens (tertiary/aromatic N) is 1. The van der Waals surface area contributed by atoms with Crippen LogP contribution in [0.2, 0.25) is 0 Å². The number of hydrogen-bond acceptors (Lipinski definition) is 6. The molecule has 0 fully saturated rings. The minimum atomic E-state index is -4.26. The molecule has 0 bridgehead atoms. The van der Waals surface area contributed by atoms with Gasteiger partial charge in [-0.1, -0.05) is 38.1 Å². The van der Waals surface area contributed by atoms with Gasteiger partial charge in [0.05, 0.1) is 11.7 Å². The monoisotopic (exact) mass is 447 g/mol. The summed E-state index contributed by atoms with van der Waals surface area (Å²) in [6, 6.07) is 12.2. The molecule has 0 spiro atoms. The lowest BCUT2D eigenvalue weighted by Gasteiger charge is -2.23. The van der Waals surface area contributed by atoms with E-state index in [2.05, 4.69) is 0 Å². The maximum Gasteiger partial charge on any atom is 0.340 e. The quantitative estimate of drug-likeness (QED) is 0.426. The Labute approximate surface area is 184 Å². The van der Waals surface area contributed by atoms with Crippen LogP contribution in [0.1, 0.15) is 50.5 Å². The second kappa shape index (κ2) is 10.4. The average molecular weight is 448 g/mol. The smallest absolute Gasteiger partial charge is 0.340 e. The van der Waals surface area contributed by atoms with Gasteiger partial charge in [-0.15, -0.1) is 0 Å².